The molecule has 1 heterocycles. The van der Waals surface area contributed by atoms with E-state index >= 15 is 0 Å². The van der Waals surface area contributed by atoms with Crippen LogP contribution in [-0.2, 0) is 0 Å². The van der Waals surface area contributed by atoms with E-state index in [0.29, 0.717) is 29.6 Å². The number of hydrogen-bond acceptors (Lipinski definition) is 6. The van der Waals surface area contributed by atoms with Crippen molar-refractivity contribution in [3.8, 4) is 11.5 Å². The van der Waals surface area contributed by atoms with Crippen molar-refractivity contribution in [2.45, 2.75) is 6.42 Å². The fourth-order valence-corrected chi connectivity index (χ4v) is 2.76. The van der Waals surface area contributed by atoms with Crippen LogP contribution in [0, 0.1) is 0 Å². The average molecular weight is 372 g/mol. The Bertz CT molecular complexity index is 949. The summed E-state index contributed by atoms with van der Waals surface area (Å²) >= 11 is 5.24. The van der Waals surface area contributed by atoms with Gasteiger partial charge in [-0.15, -0.1) is 0 Å². The van der Waals surface area contributed by atoms with E-state index in [1.807, 2.05) is 30.3 Å². The van der Waals surface area contributed by atoms with E-state index in [9.17, 15) is 0 Å². The zero-order valence-electron chi connectivity index (χ0n) is 14.6. The second kappa shape index (κ2) is 8.11. The van der Waals surface area contributed by atoms with E-state index in [0.717, 1.165) is 27.8 Å². The maximum atomic E-state index is 8.81. The first kappa shape index (κ1) is 18.1. The van der Waals surface area contributed by atoms with Gasteiger partial charge in [-0.2, -0.15) is 0 Å². The van der Waals surface area contributed by atoms with E-state index in [1.165, 1.54) is 0 Å². The normalized spacial score (nSPS) is 10.7. The summed E-state index contributed by atoms with van der Waals surface area (Å²) in [5.41, 5.74) is 3.78. The maximum Gasteiger partial charge on any atom is 0.170 e. The van der Waals surface area contributed by atoms with Crippen LogP contribution in [0.3, 0.4) is 0 Å². The van der Waals surface area contributed by atoms with Crippen molar-refractivity contribution in [1.29, 1.82) is 0 Å². The zero-order valence-corrected chi connectivity index (χ0v) is 15.4. The highest BCUT2D eigenvalue weighted by atomic mass is 32.1. The molecule has 136 valence electrons. The van der Waals surface area contributed by atoms with E-state index in [2.05, 4.69) is 20.6 Å². The number of anilines is 1. The van der Waals surface area contributed by atoms with Crippen molar-refractivity contribution >= 4 is 45.1 Å². The number of nitrogens with one attached hydrogen (secondary N) is 2. The summed E-state index contributed by atoms with van der Waals surface area (Å²) in [6.07, 6.45) is 0.641. The van der Waals surface area contributed by atoms with Gasteiger partial charge in [-0.3, -0.25) is 0 Å². The van der Waals surface area contributed by atoms with E-state index in [4.69, 9.17) is 26.8 Å². The second-order valence-corrected chi connectivity index (χ2v) is 5.99. The number of aliphatic hydroxyl groups is 1. The summed E-state index contributed by atoms with van der Waals surface area (Å²) in [6.45, 7) is 0.741. The maximum absolute atomic E-state index is 8.81. The summed E-state index contributed by atoms with van der Waals surface area (Å²) in [7, 11) is 3.18. The molecule has 0 aliphatic carbocycles. The number of thiocarbonyl (C=S) groups is 1. The van der Waals surface area contributed by atoms with Gasteiger partial charge in [-0.1, -0.05) is 0 Å². The van der Waals surface area contributed by atoms with Crippen LogP contribution >= 0.6 is 12.2 Å². The van der Waals surface area contributed by atoms with Crippen molar-refractivity contribution in [1.82, 2.24) is 15.3 Å². The lowest BCUT2D eigenvalue weighted by Crippen LogP contribution is -2.29. The molecule has 3 aromatic rings. The third-order valence-electron chi connectivity index (χ3n) is 3.82. The third-order valence-corrected chi connectivity index (χ3v) is 4.06. The number of aromatic nitrogens is 2. The highest BCUT2D eigenvalue weighted by molar-refractivity contribution is 7.80. The van der Waals surface area contributed by atoms with E-state index in [1.54, 1.807) is 14.2 Å². The lowest BCUT2D eigenvalue weighted by Gasteiger charge is -2.11. The molecule has 3 rings (SSSR count). The van der Waals surface area contributed by atoms with Gasteiger partial charge in [0.2, 0.25) is 0 Å². The highest BCUT2D eigenvalue weighted by Gasteiger charge is 2.10. The molecule has 7 nitrogen and oxygen atoms in total. The van der Waals surface area contributed by atoms with Gasteiger partial charge >= 0.3 is 0 Å². The second-order valence-electron chi connectivity index (χ2n) is 5.58. The summed E-state index contributed by atoms with van der Waals surface area (Å²) < 4.78 is 10.7. The molecular weight excluding hydrogens is 352 g/mol. The minimum Gasteiger partial charge on any atom is -0.493 e. The fraction of sp³-hybridized carbons (Fsp3) is 0.278. The Balaban J connectivity index is 1.91. The van der Waals surface area contributed by atoms with Crippen molar-refractivity contribution in [3.05, 3.63) is 30.3 Å². The van der Waals surface area contributed by atoms with E-state index < -0.39 is 0 Å². The number of rotatable bonds is 6. The van der Waals surface area contributed by atoms with Gasteiger partial charge in [0, 0.05) is 31.0 Å². The number of ether oxygens (including phenoxy) is 2. The predicted octanol–water partition coefficient (Wildman–Crippen LogP) is 2.47. The van der Waals surface area contributed by atoms with Crippen LogP contribution in [-0.4, -0.2) is 47.6 Å². The molecule has 2 aromatic carbocycles. The van der Waals surface area contributed by atoms with Crippen LogP contribution in [0.25, 0.3) is 22.1 Å². The number of hydrogen-bond donors (Lipinski definition) is 3. The number of fused-ring (bicyclic) bond motifs is 2. The van der Waals surface area contributed by atoms with Gasteiger partial charge < -0.3 is 25.2 Å². The van der Waals surface area contributed by atoms with Crippen molar-refractivity contribution in [2.24, 2.45) is 0 Å². The molecule has 0 aliphatic heterocycles. The zero-order chi connectivity index (χ0) is 18.5. The van der Waals surface area contributed by atoms with Gasteiger partial charge in [-0.25, -0.2) is 9.97 Å². The minimum atomic E-state index is 0.127. The molecular formula is C18H20N4O3S. The number of methoxy groups -OCH3 is 2. The Morgan fingerprint density at radius 3 is 2.23 bits per heavy atom. The monoisotopic (exact) mass is 372 g/mol. The van der Waals surface area contributed by atoms with Crippen LogP contribution in [0.2, 0.25) is 0 Å². The SMILES string of the molecule is COc1cc2nc3ccc(NC(=S)NCCCO)cc3nc2cc1OC. The van der Waals surface area contributed by atoms with Crippen molar-refractivity contribution in [3.63, 3.8) is 0 Å². The van der Waals surface area contributed by atoms with Gasteiger partial charge in [-0.05, 0) is 36.8 Å². The number of nitrogens with zero attached hydrogens (tertiary/aromatic N) is 2. The quantitative estimate of drug-likeness (QED) is 0.345. The molecule has 1 aromatic heterocycles. The molecule has 0 radical (unpaired) electrons. The Morgan fingerprint density at radius 1 is 1.00 bits per heavy atom. The van der Waals surface area contributed by atoms with Crippen molar-refractivity contribution in [2.75, 3.05) is 32.7 Å². The van der Waals surface area contributed by atoms with Crippen LogP contribution in [0.4, 0.5) is 5.69 Å². The van der Waals surface area contributed by atoms with Crippen LogP contribution in [0.5, 0.6) is 11.5 Å². The predicted molar refractivity (Wildman–Crippen MR) is 106 cm³/mol. The van der Waals surface area contributed by atoms with Crippen LogP contribution < -0.4 is 20.1 Å². The van der Waals surface area contributed by atoms with E-state index in [-0.39, 0.29) is 6.61 Å². The summed E-state index contributed by atoms with van der Waals surface area (Å²) in [6, 6.07) is 9.29. The summed E-state index contributed by atoms with van der Waals surface area (Å²) in [5.74, 6) is 1.23. The Kier molecular flexibility index (Phi) is 5.65. The van der Waals surface area contributed by atoms with Crippen LogP contribution in [0.15, 0.2) is 30.3 Å². The lowest BCUT2D eigenvalue weighted by molar-refractivity contribution is 0.289. The fourth-order valence-electron chi connectivity index (χ4n) is 2.54. The molecule has 0 aliphatic rings. The Morgan fingerprint density at radius 2 is 1.62 bits per heavy atom. The average Bonchev–Trinajstić information content (AvgIpc) is 2.65. The molecule has 0 bridgehead atoms. The van der Waals surface area contributed by atoms with Gasteiger partial charge in [0.05, 0.1) is 36.3 Å². The Hall–Kier alpha value is -2.71. The first-order valence-electron chi connectivity index (χ1n) is 8.14. The molecule has 0 spiro atoms. The summed E-state index contributed by atoms with van der Waals surface area (Å²) in [4.78, 5) is 9.31. The molecule has 8 heteroatoms. The Labute approximate surface area is 156 Å². The summed E-state index contributed by atoms with van der Waals surface area (Å²) in [5, 5.41) is 15.4. The first-order valence-corrected chi connectivity index (χ1v) is 8.54. The molecule has 0 saturated carbocycles. The van der Waals surface area contributed by atoms with Crippen molar-refractivity contribution < 1.29 is 14.6 Å². The molecule has 3 N–H and O–H groups in total. The molecule has 0 fully saturated rings. The van der Waals surface area contributed by atoms with Gasteiger partial charge in [0.25, 0.3) is 0 Å². The topological polar surface area (TPSA) is 88.5 Å². The first-order chi connectivity index (χ1) is 12.6. The molecule has 26 heavy (non-hydrogen) atoms. The van der Waals surface area contributed by atoms with Gasteiger partial charge in [0.15, 0.2) is 16.6 Å². The van der Waals surface area contributed by atoms with Gasteiger partial charge in [0.1, 0.15) is 0 Å². The number of benzene rings is 2. The molecule has 0 atom stereocenters. The largest absolute Gasteiger partial charge is 0.493 e. The highest BCUT2D eigenvalue weighted by Crippen LogP contribution is 2.31. The number of aliphatic hydroxyl groups excluding tert-OH is 1. The lowest BCUT2D eigenvalue weighted by atomic mass is 10.2. The smallest absolute Gasteiger partial charge is 0.170 e. The third kappa shape index (κ3) is 3.92. The van der Waals surface area contributed by atoms with Crippen LogP contribution in [0.1, 0.15) is 6.42 Å². The molecule has 0 amide bonds. The molecule has 0 unspecified atom stereocenters. The molecule has 0 saturated heterocycles. The standard InChI is InChI=1S/C18H20N4O3S/c1-24-16-9-14-15(10-17(16)25-2)22-13-8-11(4-5-12(13)21-14)20-18(26)19-6-3-7-23/h4-5,8-10,23H,3,6-7H2,1-2H3,(H2,19,20,26). The minimum absolute atomic E-state index is 0.127.